The van der Waals surface area contributed by atoms with E-state index in [4.69, 9.17) is 11.6 Å². The maximum absolute atomic E-state index is 6.92. The predicted octanol–water partition coefficient (Wildman–Crippen LogP) is 11.1. The molecular formula is C34H28ClNS2. The van der Waals surface area contributed by atoms with Gasteiger partial charge in [0.1, 0.15) is 0 Å². The fraction of sp³-hybridized carbons (Fsp3) is 0.118. The Morgan fingerprint density at radius 2 is 1.66 bits per heavy atom. The first kappa shape index (κ1) is 25.2. The van der Waals surface area contributed by atoms with Crippen LogP contribution in [0.1, 0.15) is 24.8 Å². The normalized spacial score (nSPS) is 17.6. The number of anilines is 1. The molecule has 0 saturated carbocycles. The topological polar surface area (TPSA) is 12.0 Å². The molecule has 0 amide bonds. The van der Waals surface area contributed by atoms with E-state index in [2.05, 4.69) is 116 Å². The number of allylic oxidation sites excluding steroid dienone is 7. The molecule has 4 heteroatoms. The van der Waals surface area contributed by atoms with Crippen LogP contribution in [-0.4, -0.2) is 0 Å². The molecule has 1 N–H and O–H groups in total. The number of fused-ring (bicyclic) bond motifs is 4. The second-order valence-electron chi connectivity index (χ2n) is 9.64. The minimum atomic E-state index is 0.870. The third kappa shape index (κ3) is 5.11. The van der Waals surface area contributed by atoms with Crippen molar-refractivity contribution in [3.8, 4) is 0 Å². The van der Waals surface area contributed by atoms with Crippen molar-refractivity contribution < 1.29 is 0 Å². The number of halogens is 1. The third-order valence-electron chi connectivity index (χ3n) is 7.02. The van der Waals surface area contributed by atoms with Crippen molar-refractivity contribution in [2.75, 3.05) is 5.32 Å². The summed E-state index contributed by atoms with van der Waals surface area (Å²) < 4.78 is 0. The Balaban J connectivity index is 1.19. The molecule has 0 unspecified atom stereocenters. The molecule has 0 spiro atoms. The van der Waals surface area contributed by atoms with E-state index >= 15 is 0 Å². The van der Waals surface area contributed by atoms with E-state index < -0.39 is 0 Å². The number of rotatable bonds is 5. The number of nitrogens with one attached hydrogen (secondary N) is 1. The van der Waals surface area contributed by atoms with E-state index in [1.54, 1.807) is 23.5 Å². The van der Waals surface area contributed by atoms with Crippen LogP contribution < -0.4 is 5.32 Å². The van der Waals surface area contributed by atoms with Crippen molar-refractivity contribution in [1.82, 2.24) is 0 Å². The fourth-order valence-corrected chi connectivity index (χ4v) is 7.31. The van der Waals surface area contributed by atoms with E-state index in [-0.39, 0.29) is 0 Å². The molecule has 1 aliphatic carbocycles. The highest BCUT2D eigenvalue weighted by Gasteiger charge is 2.19. The van der Waals surface area contributed by atoms with E-state index in [0.29, 0.717) is 0 Å². The maximum Gasteiger partial charge on any atom is 0.0775 e. The molecule has 4 aromatic rings. The molecule has 0 bridgehead atoms. The van der Waals surface area contributed by atoms with Gasteiger partial charge in [-0.1, -0.05) is 121 Å². The van der Waals surface area contributed by atoms with Crippen LogP contribution in [0, 0.1) is 6.92 Å². The summed E-state index contributed by atoms with van der Waals surface area (Å²) in [7, 11) is 0. The van der Waals surface area contributed by atoms with Crippen molar-refractivity contribution in [1.29, 1.82) is 0 Å². The largest absolute Gasteiger partial charge is 0.349 e. The summed E-state index contributed by atoms with van der Waals surface area (Å²) in [5.74, 6) is 0. The first-order chi connectivity index (χ1) is 18.6. The molecule has 38 heavy (non-hydrogen) atoms. The highest BCUT2D eigenvalue weighted by molar-refractivity contribution is 8.04. The molecule has 188 valence electrons. The van der Waals surface area contributed by atoms with E-state index in [0.717, 1.165) is 34.2 Å². The van der Waals surface area contributed by atoms with Crippen LogP contribution in [0.2, 0.25) is 0 Å². The second kappa shape index (κ2) is 10.9. The standard InChI is InChI=1S/C34H28ClNS2/c1-22-14-16-24-8-3-5-12-28(24)33(22)37-23(2)15-17-26-10-7-11-27(32(26)35)19-21-31-36-30-20-18-25-9-4-6-13-29(25)34(30)38-31/h3-6,8-9,12-21,36H,2,7,10-11H2,1H3/b17-15+,27-19+,31-21-. The summed E-state index contributed by atoms with van der Waals surface area (Å²) in [5.41, 5.74) is 4.81. The minimum absolute atomic E-state index is 0.870. The summed E-state index contributed by atoms with van der Waals surface area (Å²) in [6.07, 6.45) is 11.7. The lowest BCUT2D eigenvalue weighted by Gasteiger charge is -2.17. The molecule has 2 aliphatic rings. The maximum atomic E-state index is 6.92. The third-order valence-corrected chi connectivity index (χ3v) is 9.75. The molecule has 0 radical (unpaired) electrons. The van der Waals surface area contributed by atoms with E-state index in [1.165, 1.54) is 53.7 Å². The zero-order valence-corrected chi connectivity index (χ0v) is 23.6. The number of thioether (sulfide) groups is 2. The van der Waals surface area contributed by atoms with Crippen LogP contribution in [0.15, 0.2) is 140 Å². The Bertz CT molecular complexity index is 1710. The highest BCUT2D eigenvalue weighted by atomic mass is 35.5. The Kier molecular flexibility index (Phi) is 7.25. The summed E-state index contributed by atoms with van der Waals surface area (Å²) in [4.78, 5) is 3.57. The molecule has 0 saturated heterocycles. The highest BCUT2D eigenvalue weighted by Crippen LogP contribution is 2.45. The molecule has 0 fully saturated rings. The van der Waals surface area contributed by atoms with Gasteiger partial charge in [0.05, 0.1) is 10.7 Å². The fourth-order valence-electron chi connectivity index (χ4n) is 5.03. The molecular weight excluding hydrogens is 522 g/mol. The van der Waals surface area contributed by atoms with Gasteiger partial charge in [-0.25, -0.2) is 0 Å². The van der Waals surface area contributed by atoms with Gasteiger partial charge in [0.2, 0.25) is 0 Å². The predicted molar refractivity (Wildman–Crippen MR) is 169 cm³/mol. The molecule has 4 aromatic carbocycles. The lowest BCUT2D eigenvalue weighted by molar-refractivity contribution is 0.792. The van der Waals surface area contributed by atoms with Gasteiger partial charge < -0.3 is 5.32 Å². The van der Waals surface area contributed by atoms with Gasteiger partial charge in [0, 0.05) is 19.7 Å². The molecule has 1 nitrogen and oxygen atoms in total. The molecule has 0 aromatic heterocycles. The van der Waals surface area contributed by atoms with Crippen LogP contribution in [-0.2, 0) is 0 Å². The van der Waals surface area contributed by atoms with E-state index in [9.17, 15) is 0 Å². The number of hydrogen-bond acceptors (Lipinski definition) is 3. The first-order valence-electron chi connectivity index (χ1n) is 12.9. The molecule has 0 atom stereocenters. The number of aryl methyl sites for hydroxylation is 1. The molecule has 1 heterocycles. The Morgan fingerprint density at radius 1 is 0.921 bits per heavy atom. The van der Waals surface area contributed by atoms with E-state index in [1.807, 2.05) is 0 Å². The minimum Gasteiger partial charge on any atom is -0.349 e. The average molecular weight is 550 g/mol. The first-order valence-corrected chi connectivity index (χ1v) is 14.9. The zero-order chi connectivity index (χ0) is 26.1. The summed E-state index contributed by atoms with van der Waals surface area (Å²) in [6.45, 7) is 6.49. The van der Waals surface area contributed by atoms with Crippen LogP contribution in [0.3, 0.4) is 0 Å². The smallest absolute Gasteiger partial charge is 0.0775 e. The monoisotopic (exact) mass is 549 g/mol. The van der Waals surface area contributed by atoms with Crippen LogP contribution in [0.5, 0.6) is 0 Å². The number of hydrogen-bond donors (Lipinski definition) is 1. The van der Waals surface area contributed by atoms with Crippen molar-refractivity contribution in [3.05, 3.63) is 135 Å². The molecule has 6 rings (SSSR count). The van der Waals surface area contributed by atoms with Gasteiger partial charge >= 0.3 is 0 Å². The zero-order valence-electron chi connectivity index (χ0n) is 21.3. The summed E-state index contributed by atoms with van der Waals surface area (Å²) in [6, 6.07) is 25.8. The quantitative estimate of drug-likeness (QED) is 0.196. The Hall–Kier alpha value is -3.11. The summed E-state index contributed by atoms with van der Waals surface area (Å²) in [5, 5.41) is 10.7. The van der Waals surface area contributed by atoms with Crippen LogP contribution in [0.25, 0.3) is 21.5 Å². The second-order valence-corrected chi connectivity index (χ2v) is 12.2. The van der Waals surface area contributed by atoms with Crippen LogP contribution in [0.4, 0.5) is 5.69 Å². The number of benzene rings is 4. The van der Waals surface area contributed by atoms with Crippen molar-refractivity contribution in [2.24, 2.45) is 0 Å². The van der Waals surface area contributed by atoms with Gasteiger partial charge in [0.25, 0.3) is 0 Å². The van der Waals surface area contributed by atoms with Gasteiger partial charge in [-0.3, -0.25) is 0 Å². The average Bonchev–Trinajstić information content (AvgIpc) is 3.37. The summed E-state index contributed by atoms with van der Waals surface area (Å²) >= 11 is 10.4. The van der Waals surface area contributed by atoms with Crippen molar-refractivity contribution >= 4 is 62.4 Å². The van der Waals surface area contributed by atoms with Gasteiger partial charge in [-0.05, 0) is 82.7 Å². The Morgan fingerprint density at radius 3 is 2.50 bits per heavy atom. The lowest BCUT2D eigenvalue weighted by Crippen LogP contribution is -1.98. The lowest BCUT2D eigenvalue weighted by atomic mass is 9.94. The van der Waals surface area contributed by atoms with Gasteiger partial charge in [-0.2, -0.15) is 0 Å². The molecule has 1 aliphatic heterocycles. The SMILES string of the molecule is C=C(/C=C/C1=C(Cl)C(=C/C=C2/Nc3ccc4ccccc4c3S2)/CCC1)Sc1c(C)ccc2ccccc12. The van der Waals surface area contributed by atoms with Crippen molar-refractivity contribution in [3.63, 3.8) is 0 Å². The van der Waals surface area contributed by atoms with Crippen LogP contribution >= 0.6 is 35.1 Å². The van der Waals surface area contributed by atoms with Crippen molar-refractivity contribution in [2.45, 2.75) is 36.0 Å². The van der Waals surface area contributed by atoms with Gasteiger partial charge in [0.15, 0.2) is 0 Å². The Labute approximate surface area is 238 Å². The van der Waals surface area contributed by atoms with Gasteiger partial charge in [-0.15, -0.1) is 0 Å².